The Kier molecular flexibility index (Phi) is 7.29. The average molecular weight is 253 g/mol. The predicted octanol–water partition coefficient (Wildman–Crippen LogP) is 1.70. The molecule has 0 aliphatic heterocycles. The van der Waals surface area contributed by atoms with E-state index in [-0.39, 0.29) is 0 Å². The minimum absolute atomic E-state index is 0.430. The van der Waals surface area contributed by atoms with Gasteiger partial charge >= 0.3 is 6.01 Å². The van der Waals surface area contributed by atoms with E-state index in [1.54, 1.807) is 0 Å². The number of hydrogen-bond acceptors (Lipinski definition) is 5. The molecule has 0 aromatic carbocycles. The van der Waals surface area contributed by atoms with E-state index in [0.717, 1.165) is 30.8 Å². The summed E-state index contributed by atoms with van der Waals surface area (Å²) >= 11 is 0. The molecule has 0 fully saturated rings. The molecule has 0 aliphatic carbocycles. The second-order valence-corrected chi connectivity index (χ2v) is 4.13. The van der Waals surface area contributed by atoms with Gasteiger partial charge in [0.05, 0.1) is 12.3 Å². The zero-order valence-electron chi connectivity index (χ0n) is 11.5. The van der Waals surface area contributed by atoms with Crippen molar-refractivity contribution in [3.63, 3.8) is 0 Å². The lowest BCUT2D eigenvalue weighted by Crippen LogP contribution is -2.12. The van der Waals surface area contributed by atoms with Crippen molar-refractivity contribution in [2.75, 3.05) is 26.9 Å². The molecule has 0 saturated carbocycles. The van der Waals surface area contributed by atoms with Crippen molar-refractivity contribution in [3.05, 3.63) is 17.5 Å². The van der Waals surface area contributed by atoms with Gasteiger partial charge < -0.3 is 14.8 Å². The van der Waals surface area contributed by atoms with Crippen LogP contribution in [0.5, 0.6) is 6.01 Å². The van der Waals surface area contributed by atoms with E-state index in [2.05, 4.69) is 22.2 Å². The van der Waals surface area contributed by atoms with E-state index in [1.165, 1.54) is 0 Å². The van der Waals surface area contributed by atoms with E-state index in [1.807, 2.05) is 20.0 Å². The number of aromatic nitrogens is 2. The number of unbranched alkanes of at least 4 members (excludes halogenated alkanes) is 1. The first kappa shape index (κ1) is 14.9. The summed E-state index contributed by atoms with van der Waals surface area (Å²) in [6, 6.07) is 2.38. The summed E-state index contributed by atoms with van der Waals surface area (Å²) in [4.78, 5) is 8.54. The van der Waals surface area contributed by atoms with Crippen LogP contribution in [0.1, 0.15) is 31.2 Å². The van der Waals surface area contributed by atoms with Gasteiger partial charge in [-0.15, -0.1) is 0 Å². The third-order valence-corrected chi connectivity index (χ3v) is 2.35. The van der Waals surface area contributed by atoms with Crippen molar-refractivity contribution in [3.8, 4) is 6.01 Å². The molecule has 102 valence electrons. The molecular formula is C13H23N3O2. The van der Waals surface area contributed by atoms with E-state index < -0.39 is 0 Å². The number of rotatable bonds is 9. The predicted molar refractivity (Wildman–Crippen MR) is 70.8 cm³/mol. The summed E-state index contributed by atoms with van der Waals surface area (Å²) in [5, 5.41) is 3.06. The van der Waals surface area contributed by atoms with Crippen LogP contribution in [0.25, 0.3) is 0 Å². The topological polar surface area (TPSA) is 56.3 Å². The second kappa shape index (κ2) is 8.83. The summed E-state index contributed by atoms with van der Waals surface area (Å²) in [6.07, 6.45) is 2.24. The zero-order valence-corrected chi connectivity index (χ0v) is 11.5. The second-order valence-electron chi connectivity index (χ2n) is 4.13. The summed E-state index contributed by atoms with van der Waals surface area (Å²) in [5.41, 5.74) is 1.85. The molecule has 0 unspecified atom stereocenters. The molecule has 1 rings (SSSR count). The largest absolute Gasteiger partial charge is 0.461 e. The summed E-state index contributed by atoms with van der Waals surface area (Å²) in [7, 11) is 1.89. The smallest absolute Gasteiger partial charge is 0.316 e. The van der Waals surface area contributed by atoms with Gasteiger partial charge in [0, 0.05) is 18.8 Å². The van der Waals surface area contributed by atoms with Crippen LogP contribution < -0.4 is 10.1 Å². The Balaban J connectivity index is 2.32. The molecule has 0 radical (unpaired) electrons. The number of nitrogens with zero attached hydrogens (tertiary/aromatic N) is 2. The summed E-state index contributed by atoms with van der Waals surface area (Å²) in [5.74, 6) is 0. The standard InChI is InChI=1S/C13H23N3O2/c1-4-5-6-17-7-8-18-13-15-11(2)9-12(16-13)10-14-3/h9,14H,4-8,10H2,1-3H3. The Bertz CT molecular complexity index is 345. The third kappa shape index (κ3) is 5.93. The van der Waals surface area contributed by atoms with Gasteiger partial charge in [-0.25, -0.2) is 4.98 Å². The maximum Gasteiger partial charge on any atom is 0.316 e. The van der Waals surface area contributed by atoms with Crippen molar-refractivity contribution in [1.82, 2.24) is 15.3 Å². The Morgan fingerprint density at radius 3 is 2.78 bits per heavy atom. The molecular weight excluding hydrogens is 230 g/mol. The van der Waals surface area contributed by atoms with Crippen molar-refractivity contribution in [2.24, 2.45) is 0 Å². The lowest BCUT2D eigenvalue weighted by atomic mass is 10.3. The first-order chi connectivity index (χ1) is 8.76. The number of ether oxygens (including phenoxy) is 2. The van der Waals surface area contributed by atoms with E-state index in [9.17, 15) is 0 Å². The highest BCUT2D eigenvalue weighted by atomic mass is 16.5. The Hall–Kier alpha value is -1.20. The lowest BCUT2D eigenvalue weighted by molar-refractivity contribution is 0.0946. The molecule has 1 N–H and O–H groups in total. The Morgan fingerprint density at radius 1 is 1.22 bits per heavy atom. The molecule has 5 nitrogen and oxygen atoms in total. The summed E-state index contributed by atoms with van der Waals surface area (Å²) < 4.78 is 10.9. The highest BCUT2D eigenvalue weighted by Gasteiger charge is 2.02. The highest BCUT2D eigenvalue weighted by Crippen LogP contribution is 2.06. The normalized spacial score (nSPS) is 10.6. The number of nitrogens with one attached hydrogen (secondary N) is 1. The molecule has 18 heavy (non-hydrogen) atoms. The molecule has 1 aromatic rings. The van der Waals surface area contributed by atoms with Gasteiger partial charge in [-0.2, -0.15) is 4.98 Å². The Labute approximate surface area is 109 Å². The monoisotopic (exact) mass is 253 g/mol. The van der Waals surface area contributed by atoms with Gasteiger partial charge in [0.25, 0.3) is 0 Å². The molecule has 0 saturated heterocycles. The lowest BCUT2D eigenvalue weighted by Gasteiger charge is -2.07. The fraction of sp³-hybridized carbons (Fsp3) is 0.692. The average Bonchev–Trinajstić information content (AvgIpc) is 2.33. The molecule has 5 heteroatoms. The van der Waals surface area contributed by atoms with Gasteiger partial charge in [0.15, 0.2) is 0 Å². The van der Waals surface area contributed by atoms with Crippen LogP contribution in [0, 0.1) is 6.92 Å². The van der Waals surface area contributed by atoms with E-state index in [0.29, 0.717) is 25.8 Å². The van der Waals surface area contributed by atoms with Crippen molar-refractivity contribution >= 4 is 0 Å². The van der Waals surface area contributed by atoms with Gasteiger partial charge in [0.1, 0.15) is 6.61 Å². The maximum atomic E-state index is 5.48. The molecule has 0 amide bonds. The van der Waals surface area contributed by atoms with Gasteiger partial charge in [0.2, 0.25) is 0 Å². The highest BCUT2D eigenvalue weighted by molar-refractivity contribution is 5.12. The SMILES string of the molecule is CCCCOCCOc1nc(C)cc(CNC)n1. The first-order valence-electron chi connectivity index (χ1n) is 6.46. The van der Waals surface area contributed by atoms with Crippen molar-refractivity contribution in [1.29, 1.82) is 0 Å². The van der Waals surface area contributed by atoms with Crippen LogP contribution >= 0.6 is 0 Å². The van der Waals surface area contributed by atoms with Gasteiger partial charge in [-0.05, 0) is 26.5 Å². The summed E-state index contributed by atoms with van der Waals surface area (Å²) in [6.45, 7) is 6.66. The van der Waals surface area contributed by atoms with Crippen LogP contribution in [-0.4, -0.2) is 36.8 Å². The van der Waals surface area contributed by atoms with Crippen LogP contribution in [0.3, 0.4) is 0 Å². The van der Waals surface area contributed by atoms with E-state index in [4.69, 9.17) is 9.47 Å². The number of hydrogen-bond donors (Lipinski definition) is 1. The molecule has 1 heterocycles. The fourth-order valence-corrected chi connectivity index (χ4v) is 1.48. The quantitative estimate of drug-likeness (QED) is 0.679. The molecule has 1 aromatic heterocycles. The fourth-order valence-electron chi connectivity index (χ4n) is 1.48. The van der Waals surface area contributed by atoms with Crippen LogP contribution in [0.4, 0.5) is 0 Å². The van der Waals surface area contributed by atoms with Crippen LogP contribution in [0.15, 0.2) is 6.07 Å². The molecule has 0 aliphatic rings. The van der Waals surface area contributed by atoms with Crippen molar-refractivity contribution in [2.45, 2.75) is 33.2 Å². The molecule has 0 atom stereocenters. The van der Waals surface area contributed by atoms with Crippen LogP contribution in [0.2, 0.25) is 0 Å². The minimum atomic E-state index is 0.430. The molecule has 0 spiro atoms. The van der Waals surface area contributed by atoms with Gasteiger partial charge in [-0.1, -0.05) is 13.3 Å². The maximum absolute atomic E-state index is 5.48. The minimum Gasteiger partial charge on any atom is -0.461 e. The van der Waals surface area contributed by atoms with Gasteiger partial charge in [-0.3, -0.25) is 0 Å². The third-order valence-electron chi connectivity index (χ3n) is 2.35. The number of aryl methyl sites for hydroxylation is 1. The van der Waals surface area contributed by atoms with Crippen molar-refractivity contribution < 1.29 is 9.47 Å². The van der Waals surface area contributed by atoms with E-state index >= 15 is 0 Å². The zero-order chi connectivity index (χ0) is 13.2. The molecule has 0 bridgehead atoms. The Morgan fingerprint density at radius 2 is 2.06 bits per heavy atom. The van der Waals surface area contributed by atoms with Crippen LogP contribution in [-0.2, 0) is 11.3 Å². The first-order valence-corrected chi connectivity index (χ1v) is 6.46.